The van der Waals surface area contributed by atoms with Gasteiger partial charge < -0.3 is 0 Å². The molecule has 39 heavy (non-hydrogen) atoms. The normalized spacial score (nSPS) is 12.8. The van der Waals surface area contributed by atoms with Crippen LogP contribution in [0.15, 0.2) is 30.5 Å². The molecule has 214 valence electrons. The van der Waals surface area contributed by atoms with E-state index in [1.54, 1.807) is 6.20 Å². The molecule has 3 aromatic rings. The van der Waals surface area contributed by atoms with Crippen molar-refractivity contribution in [2.45, 2.75) is 91.9 Å². The molecule has 0 fully saturated rings. The average molecular weight is 661 g/mol. The Morgan fingerprint density at radius 1 is 0.795 bits per heavy atom. The van der Waals surface area contributed by atoms with Crippen LogP contribution in [0.3, 0.4) is 0 Å². The van der Waals surface area contributed by atoms with Crippen LogP contribution in [0.4, 0.5) is 26.3 Å². The van der Waals surface area contributed by atoms with Gasteiger partial charge in [0, 0.05) is 0 Å². The molecule has 0 atom stereocenters. The summed E-state index contributed by atoms with van der Waals surface area (Å²) in [4.78, 5) is 15.9. The maximum atomic E-state index is 13.8. The quantitative estimate of drug-likeness (QED) is 0.156. The Labute approximate surface area is 229 Å². The van der Waals surface area contributed by atoms with E-state index in [2.05, 4.69) is 40.7 Å². The summed E-state index contributed by atoms with van der Waals surface area (Å²) in [5, 5.41) is 0. The van der Waals surface area contributed by atoms with Crippen LogP contribution in [0.2, 0.25) is 13.3 Å². The van der Waals surface area contributed by atoms with Gasteiger partial charge in [-0.2, -0.15) is 0 Å². The molecule has 4 nitrogen and oxygen atoms in total. The number of alkyl halides is 6. The summed E-state index contributed by atoms with van der Waals surface area (Å²) in [6.07, 6.45) is -1.01. The molecule has 0 spiro atoms. The summed E-state index contributed by atoms with van der Waals surface area (Å²) in [7, 11) is 0. The van der Waals surface area contributed by atoms with Gasteiger partial charge in [-0.3, -0.25) is 0 Å². The number of aromatic amines is 1. The van der Waals surface area contributed by atoms with E-state index in [-0.39, 0.29) is 28.5 Å². The van der Waals surface area contributed by atoms with Crippen LogP contribution in [0, 0.1) is 6.92 Å². The van der Waals surface area contributed by atoms with Crippen molar-refractivity contribution in [3.63, 3.8) is 0 Å². The van der Waals surface area contributed by atoms with Gasteiger partial charge in [-0.25, -0.2) is 0 Å². The molecule has 0 aliphatic rings. The standard InChI is InChI=1S/C16H9F6N4.3C4H9.Sn/c1-8-6-9(2-3-10(8)15(17,18)19)11-7-12(16(20,21)22)26-14(25-11)13-23-4-5-24-13;3*1-3-4-2;/h2-4,6-7H,1H3,(H,23,24);3*1,3-4H2,2H3;. The molecular formula is C28H36F6N4Sn. The summed E-state index contributed by atoms with van der Waals surface area (Å²) in [6.45, 7) is 7.76. The second-order valence-corrected chi connectivity index (χ2v) is 23.4. The van der Waals surface area contributed by atoms with Gasteiger partial charge in [0.25, 0.3) is 0 Å². The van der Waals surface area contributed by atoms with Gasteiger partial charge in [-0.05, 0) is 0 Å². The van der Waals surface area contributed by atoms with Crippen LogP contribution in [-0.2, 0) is 12.4 Å². The molecule has 11 heteroatoms. The maximum absolute atomic E-state index is 13.8. The van der Waals surface area contributed by atoms with Crippen LogP contribution in [0.1, 0.15) is 76.1 Å². The van der Waals surface area contributed by atoms with Gasteiger partial charge in [0.15, 0.2) is 0 Å². The minimum absolute atomic E-state index is 0.101. The van der Waals surface area contributed by atoms with Gasteiger partial charge in [0.1, 0.15) is 0 Å². The van der Waals surface area contributed by atoms with Crippen LogP contribution < -0.4 is 3.71 Å². The van der Waals surface area contributed by atoms with E-state index in [1.165, 1.54) is 13.0 Å². The summed E-state index contributed by atoms with van der Waals surface area (Å²) in [6, 6.07) is 3.97. The zero-order valence-corrected chi connectivity index (χ0v) is 25.7. The first-order valence-corrected chi connectivity index (χ1v) is 21.0. The van der Waals surface area contributed by atoms with Crippen LogP contribution >= 0.6 is 0 Å². The van der Waals surface area contributed by atoms with Gasteiger partial charge in [-0.1, -0.05) is 0 Å². The van der Waals surface area contributed by atoms with Crippen molar-refractivity contribution in [3.05, 3.63) is 47.3 Å². The third-order valence-corrected chi connectivity index (χ3v) is 22.4. The number of unbranched alkanes of at least 4 members (excludes halogenated alkanes) is 3. The molecule has 2 heterocycles. The number of nitrogens with one attached hydrogen (secondary N) is 1. The Morgan fingerprint density at radius 2 is 1.38 bits per heavy atom. The fraction of sp³-hybridized carbons (Fsp3) is 0.536. The van der Waals surface area contributed by atoms with Gasteiger partial charge in [0.05, 0.1) is 0 Å². The van der Waals surface area contributed by atoms with Crippen molar-refractivity contribution >= 4 is 22.1 Å². The van der Waals surface area contributed by atoms with Crippen molar-refractivity contribution in [2.24, 2.45) is 0 Å². The monoisotopic (exact) mass is 662 g/mol. The number of halogens is 6. The van der Waals surface area contributed by atoms with E-state index in [9.17, 15) is 26.3 Å². The molecule has 3 rings (SSSR count). The molecule has 0 radical (unpaired) electrons. The first-order chi connectivity index (χ1) is 18.3. The Kier molecular flexibility index (Phi) is 10.5. The number of rotatable bonds is 12. The van der Waals surface area contributed by atoms with Crippen LogP contribution in [0.5, 0.6) is 0 Å². The predicted octanol–water partition coefficient (Wildman–Crippen LogP) is 8.94. The van der Waals surface area contributed by atoms with E-state index in [0.717, 1.165) is 73.7 Å². The summed E-state index contributed by atoms with van der Waals surface area (Å²) < 4.78 is 85.7. The third-order valence-electron chi connectivity index (χ3n) is 7.23. The first kappa shape index (κ1) is 31.4. The second kappa shape index (κ2) is 13.0. The van der Waals surface area contributed by atoms with E-state index in [0.29, 0.717) is 0 Å². The topological polar surface area (TPSA) is 54.5 Å². The van der Waals surface area contributed by atoms with Gasteiger partial charge in [0.2, 0.25) is 0 Å². The number of imidazole rings is 1. The fourth-order valence-electron chi connectivity index (χ4n) is 5.02. The Hall–Kier alpha value is -2.11. The predicted molar refractivity (Wildman–Crippen MR) is 144 cm³/mol. The van der Waals surface area contributed by atoms with E-state index < -0.39 is 42.0 Å². The zero-order chi connectivity index (χ0) is 28.8. The molecule has 1 N–H and O–H groups in total. The number of hydrogen-bond donors (Lipinski definition) is 1. The Balaban J connectivity index is 2.12. The summed E-state index contributed by atoms with van der Waals surface area (Å²) in [5.74, 6) is -0.0585. The second-order valence-electron chi connectivity index (χ2n) is 10.2. The van der Waals surface area contributed by atoms with Gasteiger partial charge in [-0.15, -0.1) is 0 Å². The molecule has 0 saturated heterocycles. The van der Waals surface area contributed by atoms with E-state index >= 15 is 0 Å². The van der Waals surface area contributed by atoms with Crippen molar-refractivity contribution in [3.8, 4) is 22.9 Å². The van der Waals surface area contributed by atoms with Crippen LogP contribution in [-0.4, -0.2) is 38.3 Å². The van der Waals surface area contributed by atoms with Crippen molar-refractivity contribution in [2.75, 3.05) is 0 Å². The SMILES string of the molecule is CCC[CH2][Sn]([CH2]CCC)([CH2]CCC)[c]1cnc(-c2nc(-c3ccc(C(F)(F)F)c(C)c3)cc(C(F)(F)F)n2)[nH]1. The number of aryl methyl sites for hydroxylation is 1. The molecule has 0 aliphatic carbocycles. The van der Waals surface area contributed by atoms with Crippen molar-refractivity contribution in [1.29, 1.82) is 0 Å². The molecule has 2 aromatic heterocycles. The summed E-state index contributed by atoms with van der Waals surface area (Å²) >= 11 is -2.95. The van der Waals surface area contributed by atoms with Gasteiger partial charge >= 0.3 is 230 Å². The molecule has 0 bridgehead atoms. The van der Waals surface area contributed by atoms with Crippen LogP contribution in [0.25, 0.3) is 22.9 Å². The van der Waals surface area contributed by atoms with E-state index in [4.69, 9.17) is 0 Å². The molecule has 1 aromatic carbocycles. The average Bonchev–Trinajstić information content (AvgIpc) is 3.38. The number of hydrogen-bond acceptors (Lipinski definition) is 3. The first-order valence-electron chi connectivity index (χ1n) is 13.5. The Bertz CT molecular complexity index is 1210. The summed E-state index contributed by atoms with van der Waals surface area (Å²) in [5.41, 5.74) is -2.09. The fourth-order valence-corrected chi connectivity index (χ4v) is 20.3. The number of H-pyrrole nitrogens is 1. The number of benzene rings is 1. The van der Waals surface area contributed by atoms with E-state index in [1.807, 2.05) is 0 Å². The van der Waals surface area contributed by atoms with Crippen molar-refractivity contribution in [1.82, 2.24) is 19.9 Å². The Morgan fingerprint density at radius 3 is 1.87 bits per heavy atom. The van der Waals surface area contributed by atoms with Crippen molar-refractivity contribution < 1.29 is 26.3 Å². The molecule has 0 aliphatic heterocycles. The number of nitrogens with zero attached hydrogens (tertiary/aromatic N) is 3. The molecule has 0 unspecified atom stereocenters. The molecular weight excluding hydrogens is 625 g/mol. The zero-order valence-electron chi connectivity index (χ0n) is 22.9. The minimum atomic E-state index is -4.77. The molecule has 0 saturated carbocycles. The molecule has 0 amide bonds. The number of aromatic nitrogens is 4. The third kappa shape index (κ3) is 7.76.